The van der Waals surface area contributed by atoms with Crippen molar-refractivity contribution in [2.75, 3.05) is 6.54 Å². The zero-order valence-electron chi connectivity index (χ0n) is 16.8. The van der Waals surface area contributed by atoms with Crippen LogP contribution < -0.4 is 5.43 Å². The molecular weight excluding hydrogens is 374 g/mol. The van der Waals surface area contributed by atoms with Crippen LogP contribution in [0, 0.1) is 11.8 Å². The predicted molar refractivity (Wildman–Crippen MR) is 115 cm³/mol. The first-order chi connectivity index (χ1) is 14.7. The lowest BCUT2D eigenvalue weighted by Crippen LogP contribution is -2.49. The number of hydrazine groups is 1. The van der Waals surface area contributed by atoms with E-state index in [0.717, 1.165) is 18.4 Å². The molecule has 2 aliphatic heterocycles. The van der Waals surface area contributed by atoms with Crippen molar-refractivity contribution >= 4 is 11.9 Å². The van der Waals surface area contributed by atoms with Crippen LogP contribution in [-0.4, -0.2) is 28.4 Å². The first kappa shape index (κ1) is 18.7. The SMILES string of the molecule is O=C1NN(C(=O)N2CCc3ccccc3C2)C(c2ccccc2)C1C1C=CC=CC1. The van der Waals surface area contributed by atoms with Gasteiger partial charge in [0, 0.05) is 13.1 Å². The Kier molecular flexibility index (Phi) is 4.87. The van der Waals surface area contributed by atoms with Gasteiger partial charge >= 0.3 is 6.03 Å². The van der Waals surface area contributed by atoms with Gasteiger partial charge in [0.2, 0.25) is 5.91 Å². The van der Waals surface area contributed by atoms with E-state index in [2.05, 4.69) is 29.7 Å². The second-order valence-corrected chi connectivity index (χ2v) is 8.16. The van der Waals surface area contributed by atoms with Gasteiger partial charge < -0.3 is 4.90 Å². The normalized spacial score (nSPS) is 25.2. The van der Waals surface area contributed by atoms with Crippen molar-refractivity contribution in [2.45, 2.75) is 25.4 Å². The molecule has 5 rings (SSSR count). The number of allylic oxidation sites excluding steroid dienone is 4. The molecule has 5 nitrogen and oxygen atoms in total. The molecule has 0 radical (unpaired) electrons. The van der Waals surface area contributed by atoms with Crippen LogP contribution in [0.1, 0.15) is 29.2 Å². The van der Waals surface area contributed by atoms with E-state index >= 15 is 0 Å². The van der Waals surface area contributed by atoms with Crippen LogP contribution in [0.15, 0.2) is 78.9 Å². The fraction of sp³-hybridized carbons (Fsp3) is 0.280. The van der Waals surface area contributed by atoms with E-state index in [1.807, 2.05) is 59.5 Å². The molecule has 3 amide bonds. The number of hydrogen-bond donors (Lipinski definition) is 1. The topological polar surface area (TPSA) is 52.7 Å². The van der Waals surface area contributed by atoms with Crippen molar-refractivity contribution in [3.05, 3.63) is 95.6 Å². The lowest BCUT2D eigenvalue weighted by Gasteiger charge is -2.35. The van der Waals surface area contributed by atoms with Gasteiger partial charge in [-0.15, -0.1) is 0 Å². The third-order valence-corrected chi connectivity index (χ3v) is 6.38. The summed E-state index contributed by atoms with van der Waals surface area (Å²) >= 11 is 0. The minimum Gasteiger partial charge on any atom is -0.319 e. The van der Waals surface area contributed by atoms with Crippen molar-refractivity contribution < 1.29 is 9.59 Å². The van der Waals surface area contributed by atoms with Gasteiger partial charge in [-0.25, -0.2) is 9.80 Å². The highest BCUT2D eigenvalue weighted by molar-refractivity contribution is 5.88. The van der Waals surface area contributed by atoms with Crippen LogP contribution in [0.4, 0.5) is 4.79 Å². The number of benzene rings is 2. The maximum Gasteiger partial charge on any atom is 0.339 e. The number of fused-ring (bicyclic) bond motifs is 1. The van der Waals surface area contributed by atoms with Crippen molar-refractivity contribution in [3.63, 3.8) is 0 Å². The Morgan fingerprint density at radius 1 is 0.967 bits per heavy atom. The molecule has 2 aromatic carbocycles. The minimum absolute atomic E-state index is 0.0695. The zero-order chi connectivity index (χ0) is 20.5. The minimum atomic E-state index is -0.329. The summed E-state index contributed by atoms with van der Waals surface area (Å²) in [7, 11) is 0. The number of nitrogens with one attached hydrogen (secondary N) is 1. The van der Waals surface area contributed by atoms with Crippen molar-refractivity contribution in [2.24, 2.45) is 11.8 Å². The second-order valence-electron chi connectivity index (χ2n) is 8.16. The summed E-state index contributed by atoms with van der Waals surface area (Å²) in [6, 6.07) is 17.7. The highest BCUT2D eigenvalue weighted by Crippen LogP contribution is 2.40. The van der Waals surface area contributed by atoms with Gasteiger partial charge in [-0.3, -0.25) is 10.2 Å². The summed E-state index contributed by atoms with van der Waals surface area (Å²) < 4.78 is 0. The summed E-state index contributed by atoms with van der Waals surface area (Å²) in [6.45, 7) is 1.22. The van der Waals surface area contributed by atoms with Gasteiger partial charge in [0.05, 0.1) is 12.0 Å². The molecule has 1 N–H and O–H groups in total. The Morgan fingerprint density at radius 3 is 2.50 bits per heavy atom. The van der Waals surface area contributed by atoms with E-state index < -0.39 is 0 Å². The number of amides is 3. The third-order valence-electron chi connectivity index (χ3n) is 6.38. The number of carbonyl (C=O) groups excluding carboxylic acids is 2. The van der Waals surface area contributed by atoms with Crippen molar-refractivity contribution in [1.29, 1.82) is 0 Å². The molecule has 0 spiro atoms. The average molecular weight is 399 g/mol. The molecule has 1 aliphatic carbocycles. The number of nitrogens with zero attached hydrogens (tertiary/aromatic N) is 2. The Balaban J connectivity index is 1.46. The molecule has 3 aliphatic rings. The van der Waals surface area contributed by atoms with Crippen LogP contribution >= 0.6 is 0 Å². The van der Waals surface area contributed by atoms with E-state index in [-0.39, 0.29) is 29.8 Å². The summed E-state index contributed by atoms with van der Waals surface area (Å²) in [4.78, 5) is 28.5. The number of urea groups is 1. The Hall–Kier alpha value is -3.34. The summed E-state index contributed by atoms with van der Waals surface area (Å²) in [5.74, 6) is -0.325. The maximum atomic E-state index is 13.6. The molecule has 5 heteroatoms. The third kappa shape index (κ3) is 3.30. The number of rotatable bonds is 2. The molecule has 3 unspecified atom stereocenters. The Labute approximate surface area is 176 Å². The van der Waals surface area contributed by atoms with Gasteiger partial charge in [0.25, 0.3) is 0 Å². The molecule has 3 atom stereocenters. The predicted octanol–water partition coefficient (Wildman–Crippen LogP) is 4.00. The monoisotopic (exact) mass is 399 g/mol. The van der Waals surface area contributed by atoms with Crippen LogP contribution in [0.25, 0.3) is 0 Å². The van der Waals surface area contributed by atoms with Gasteiger partial charge in [0.1, 0.15) is 0 Å². The fourth-order valence-corrected chi connectivity index (χ4v) is 4.85. The van der Waals surface area contributed by atoms with E-state index in [1.165, 1.54) is 11.1 Å². The lowest BCUT2D eigenvalue weighted by atomic mass is 9.80. The van der Waals surface area contributed by atoms with E-state index in [4.69, 9.17) is 0 Å². The van der Waals surface area contributed by atoms with Gasteiger partial charge in [0.15, 0.2) is 0 Å². The zero-order valence-corrected chi connectivity index (χ0v) is 16.8. The smallest absolute Gasteiger partial charge is 0.319 e. The Morgan fingerprint density at radius 2 is 1.73 bits per heavy atom. The molecule has 0 bridgehead atoms. The fourth-order valence-electron chi connectivity index (χ4n) is 4.85. The number of hydrogen-bond acceptors (Lipinski definition) is 2. The van der Waals surface area contributed by atoms with Crippen molar-refractivity contribution in [3.8, 4) is 0 Å². The highest BCUT2D eigenvalue weighted by atomic mass is 16.2. The molecule has 0 saturated carbocycles. The van der Waals surface area contributed by atoms with Crippen LogP contribution in [0.3, 0.4) is 0 Å². The lowest BCUT2D eigenvalue weighted by molar-refractivity contribution is -0.124. The van der Waals surface area contributed by atoms with Gasteiger partial charge in [-0.2, -0.15) is 0 Å². The largest absolute Gasteiger partial charge is 0.339 e. The molecule has 2 heterocycles. The number of carbonyl (C=O) groups is 2. The molecule has 2 aromatic rings. The molecule has 1 saturated heterocycles. The summed E-state index contributed by atoms with van der Waals surface area (Å²) in [5, 5.41) is 1.57. The van der Waals surface area contributed by atoms with E-state index in [9.17, 15) is 9.59 Å². The first-order valence-corrected chi connectivity index (χ1v) is 10.6. The van der Waals surface area contributed by atoms with E-state index in [0.29, 0.717) is 13.1 Å². The quantitative estimate of drug-likeness (QED) is 0.830. The van der Waals surface area contributed by atoms with Crippen LogP contribution in [0.5, 0.6) is 0 Å². The molecule has 0 aromatic heterocycles. The Bertz CT molecular complexity index is 1010. The second kappa shape index (κ2) is 7.82. The molecule has 1 fully saturated rings. The molecule has 30 heavy (non-hydrogen) atoms. The molecule has 152 valence electrons. The van der Waals surface area contributed by atoms with Gasteiger partial charge in [-0.05, 0) is 35.4 Å². The first-order valence-electron chi connectivity index (χ1n) is 10.6. The summed E-state index contributed by atoms with van der Waals surface area (Å²) in [6.07, 6.45) is 9.82. The highest BCUT2D eigenvalue weighted by Gasteiger charge is 2.48. The van der Waals surface area contributed by atoms with Gasteiger partial charge in [-0.1, -0.05) is 78.9 Å². The average Bonchev–Trinajstić information content (AvgIpc) is 3.16. The van der Waals surface area contributed by atoms with Crippen molar-refractivity contribution in [1.82, 2.24) is 15.3 Å². The van der Waals surface area contributed by atoms with Crippen LogP contribution in [-0.2, 0) is 17.8 Å². The standard InChI is InChI=1S/C25H25N3O2/c29-24-22(19-10-3-1-4-11-19)23(20-12-5-2-6-13-20)28(26-24)25(30)27-16-15-18-9-7-8-14-21(18)17-27/h1-10,12-14,19,22-23H,11,15-17H2,(H,26,29). The summed E-state index contributed by atoms with van der Waals surface area (Å²) in [5.41, 5.74) is 6.37. The van der Waals surface area contributed by atoms with E-state index in [1.54, 1.807) is 5.01 Å². The molecular formula is C25H25N3O2. The maximum absolute atomic E-state index is 13.6. The van der Waals surface area contributed by atoms with Crippen LogP contribution in [0.2, 0.25) is 0 Å².